The van der Waals surface area contributed by atoms with Gasteiger partial charge < -0.3 is 9.73 Å². The molecule has 3 nitrogen and oxygen atoms in total. The van der Waals surface area contributed by atoms with Gasteiger partial charge in [-0.2, -0.15) is 0 Å². The molecule has 3 heteroatoms. The van der Waals surface area contributed by atoms with Crippen molar-refractivity contribution >= 4 is 0 Å². The van der Waals surface area contributed by atoms with Crippen molar-refractivity contribution in [2.45, 2.75) is 51.6 Å². The molecule has 0 amide bonds. The third-order valence-corrected chi connectivity index (χ3v) is 2.41. The molecule has 1 N–H and O–H groups in total. The first-order valence-corrected chi connectivity index (χ1v) is 5.24. The zero-order valence-corrected chi connectivity index (χ0v) is 9.13. The molecule has 1 aliphatic carbocycles. The quantitative estimate of drug-likeness (QED) is 0.801. The molecule has 0 atom stereocenters. The minimum atomic E-state index is 0.0603. The van der Waals surface area contributed by atoms with Gasteiger partial charge in [-0.3, -0.25) is 0 Å². The molecule has 1 heterocycles. The van der Waals surface area contributed by atoms with E-state index in [0.717, 1.165) is 18.2 Å². The molecule has 14 heavy (non-hydrogen) atoms. The summed E-state index contributed by atoms with van der Waals surface area (Å²) >= 11 is 0. The average Bonchev–Trinajstić information content (AvgIpc) is 2.77. The fourth-order valence-corrected chi connectivity index (χ4v) is 1.26. The molecule has 0 radical (unpaired) electrons. The van der Waals surface area contributed by atoms with E-state index < -0.39 is 0 Å². The monoisotopic (exact) mass is 194 g/mol. The Balaban J connectivity index is 1.94. The van der Waals surface area contributed by atoms with Crippen LogP contribution in [0.3, 0.4) is 0 Å². The normalized spacial score (nSPS) is 17.4. The topological polar surface area (TPSA) is 38.1 Å². The van der Waals surface area contributed by atoms with Crippen LogP contribution in [0, 0.1) is 0 Å². The van der Waals surface area contributed by atoms with Gasteiger partial charge in [0.05, 0.1) is 12.7 Å². The van der Waals surface area contributed by atoms with Crippen LogP contribution >= 0.6 is 0 Å². The van der Waals surface area contributed by atoms with E-state index >= 15 is 0 Å². The predicted molar refractivity (Wildman–Crippen MR) is 55.1 cm³/mol. The fourth-order valence-electron chi connectivity index (χ4n) is 1.26. The standard InChI is InChI=1S/C11H18N2O/c1-11(2,3)9-6-13-10(14-9)7-12-8-4-5-8/h6,8,12H,4-5,7H2,1-3H3. The van der Waals surface area contributed by atoms with Gasteiger partial charge in [0.2, 0.25) is 5.89 Å². The maximum Gasteiger partial charge on any atom is 0.208 e. The summed E-state index contributed by atoms with van der Waals surface area (Å²) in [6.45, 7) is 7.16. The lowest BCUT2D eigenvalue weighted by atomic mass is 9.94. The molecule has 0 aliphatic heterocycles. The molecule has 1 aromatic rings. The second-order valence-electron chi connectivity index (χ2n) is 5.02. The van der Waals surface area contributed by atoms with Gasteiger partial charge in [-0.05, 0) is 12.8 Å². The van der Waals surface area contributed by atoms with Crippen LogP contribution in [0.1, 0.15) is 45.3 Å². The van der Waals surface area contributed by atoms with Crippen molar-refractivity contribution in [3.8, 4) is 0 Å². The van der Waals surface area contributed by atoms with Crippen molar-refractivity contribution in [1.29, 1.82) is 0 Å². The molecular weight excluding hydrogens is 176 g/mol. The van der Waals surface area contributed by atoms with Crippen LogP contribution in [0.2, 0.25) is 0 Å². The van der Waals surface area contributed by atoms with Crippen LogP contribution in [0.4, 0.5) is 0 Å². The number of nitrogens with zero attached hydrogens (tertiary/aromatic N) is 1. The van der Waals surface area contributed by atoms with Gasteiger partial charge in [0.15, 0.2) is 0 Å². The molecule has 0 spiro atoms. The summed E-state index contributed by atoms with van der Waals surface area (Å²) in [7, 11) is 0. The molecular formula is C11H18N2O. The van der Waals surface area contributed by atoms with Crippen molar-refractivity contribution in [3.63, 3.8) is 0 Å². The average molecular weight is 194 g/mol. The Morgan fingerprint density at radius 3 is 2.71 bits per heavy atom. The number of nitrogens with one attached hydrogen (secondary N) is 1. The summed E-state index contributed by atoms with van der Waals surface area (Å²) in [6, 6.07) is 0.708. The molecule has 1 aromatic heterocycles. The van der Waals surface area contributed by atoms with E-state index in [9.17, 15) is 0 Å². The lowest BCUT2D eigenvalue weighted by Crippen LogP contribution is -2.15. The maximum atomic E-state index is 5.65. The van der Waals surface area contributed by atoms with Gasteiger partial charge in [-0.15, -0.1) is 0 Å². The first kappa shape index (κ1) is 9.71. The Kier molecular flexibility index (Phi) is 2.35. The van der Waals surface area contributed by atoms with E-state index in [0.29, 0.717) is 6.04 Å². The number of hydrogen-bond donors (Lipinski definition) is 1. The summed E-state index contributed by atoms with van der Waals surface area (Å²) in [6.07, 6.45) is 4.43. The first-order valence-electron chi connectivity index (χ1n) is 5.24. The molecule has 0 unspecified atom stereocenters. The number of aromatic nitrogens is 1. The van der Waals surface area contributed by atoms with E-state index in [1.165, 1.54) is 12.8 Å². The molecule has 0 aromatic carbocycles. The van der Waals surface area contributed by atoms with Crippen LogP contribution in [-0.4, -0.2) is 11.0 Å². The largest absolute Gasteiger partial charge is 0.444 e. The predicted octanol–water partition coefficient (Wildman–Crippen LogP) is 2.22. The van der Waals surface area contributed by atoms with E-state index in [4.69, 9.17) is 4.42 Å². The second-order valence-corrected chi connectivity index (χ2v) is 5.02. The van der Waals surface area contributed by atoms with E-state index in [2.05, 4.69) is 31.1 Å². The smallest absolute Gasteiger partial charge is 0.208 e. The van der Waals surface area contributed by atoms with Crippen molar-refractivity contribution in [2.75, 3.05) is 0 Å². The van der Waals surface area contributed by atoms with Crippen molar-refractivity contribution in [2.24, 2.45) is 0 Å². The third kappa shape index (κ3) is 2.35. The van der Waals surface area contributed by atoms with Gasteiger partial charge in [-0.1, -0.05) is 20.8 Å². The fraction of sp³-hybridized carbons (Fsp3) is 0.727. The highest BCUT2D eigenvalue weighted by Gasteiger charge is 2.22. The van der Waals surface area contributed by atoms with Crippen molar-refractivity contribution < 1.29 is 4.42 Å². The Labute approximate surface area is 84.9 Å². The van der Waals surface area contributed by atoms with Crippen LogP contribution < -0.4 is 5.32 Å². The summed E-state index contributed by atoms with van der Waals surface area (Å²) in [4.78, 5) is 4.25. The lowest BCUT2D eigenvalue weighted by molar-refractivity contribution is 0.373. The van der Waals surface area contributed by atoms with Gasteiger partial charge in [-0.25, -0.2) is 4.98 Å². The Morgan fingerprint density at radius 2 is 2.21 bits per heavy atom. The van der Waals surface area contributed by atoms with Gasteiger partial charge in [0.1, 0.15) is 5.76 Å². The first-order chi connectivity index (χ1) is 6.55. The molecule has 0 saturated heterocycles. The lowest BCUT2D eigenvalue weighted by Gasteiger charge is -2.13. The van der Waals surface area contributed by atoms with Crippen molar-refractivity contribution in [3.05, 3.63) is 17.8 Å². The van der Waals surface area contributed by atoms with E-state index in [1.807, 2.05) is 6.20 Å². The highest BCUT2D eigenvalue weighted by molar-refractivity contribution is 5.06. The Morgan fingerprint density at radius 1 is 1.50 bits per heavy atom. The van der Waals surface area contributed by atoms with Crippen molar-refractivity contribution in [1.82, 2.24) is 10.3 Å². The third-order valence-electron chi connectivity index (χ3n) is 2.41. The Hall–Kier alpha value is -0.830. The Bertz CT molecular complexity index is 307. The minimum Gasteiger partial charge on any atom is -0.444 e. The van der Waals surface area contributed by atoms with Crippen LogP contribution in [-0.2, 0) is 12.0 Å². The SMILES string of the molecule is CC(C)(C)c1cnc(CNC2CC2)o1. The maximum absolute atomic E-state index is 5.65. The van der Waals surface area contributed by atoms with Gasteiger partial charge >= 0.3 is 0 Å². The highest BCUT2D eigenvalue weighted by Crippen LogP contribution is 2.23. The molecule has 1 aliphatic rings. The van der Waals surface area contributed by atoms with E-state index in [1.54, 1.807) is 0 Å². The second kappa shape index (κ2) is 3.39. The summed E-state index contributed by atoms with van der Waals surface area (Å²) < 4.78 is 5.65. The highest BCUT2D eigenvalue weighted by atomic mass is 16.4. The molecule has 0 bridgehead atoms. The molecule has 2 rings (SSSR count). The number of hydrogen-bond acceptors (Lipinski definition) is 3. The number of oxazole rings is 1. The zero-order valence-electron chi connectivity index (χ0n) is 9.13. The summed E-state index contributed by atoms with van der Waals surface area (Å²) in [5.41, 5.74) is 0.0603. The van der Waals surface area contributed by atoms with Gasteiger partial charge in [0, 0.05) is 11.5 Å². The van der Waals surface area contributed by atoms with E-state index in [-0.39, 0.29) is 5.41 Å². The van der Waals surface area contributed by atoms with Crippen LogP contribution in [0.25, 0.3) is 0 Å². The van der Waals surface area contributed by atoms with Crippen LogP contribution in [0.15, 0.2) is 10.6 Å². The number of rotatable bonds is 3. The molecule has 1 fully saturated rings. The van der Waals surface area contributed by atoms with Gasteiger partial charge in [0.25, 0.3) is 0 Å². The molecule has 78 valence electrons. The zero-order chi connectivity index (χ0) is 10.2. The van der Waals surface area contributed by atoms with Crippen LogP contribution in [0.5, 0.6) is 0 Å². The summed E-state index contributed by atoms with van der Waals surface area (Å²) in [5, 5.41) is 3.38. The minimum absolute atomic E-state index is 0.0603. The summed E-state index contributed by atoms with van der Waals surface area (Å²) in [5.74, 6) is 1.77. The molecule has 1 saturated carbocycles.